The van der Waals surface area contributed by atoms with E-state index in [1.165, 1.54) is 31.4 Å². The fraction of sp³-hybridized carbons (Fsp3) is 0.0625. The molecule has 2 aromatic heterocycles. The molecule has 0 atom stereocenters. The van der Waals surface area contributed by atoms with Gasteiger partial charge in [0.1, 0.15) is 5.82 Å². The third kappa shape index (κ3) is 3.18. The number of nitrogens with one attached hydrogen (secondary N) is 1. The van der Waals surface area contributed by atoms with Crippen molar-refractivity contribution < 1.29 is 13.9 Å². The van der Waals surface area contributed by atoms with Crippen LogP contribution in [-0.4, -0.2) is 27.8 Å². The van der Waals surface area contributed by atoms with Crippen molar-refractivity contribution >= 4 is 11.6 Å². The smallest absolute Gasteiger partial charge is 0.276 e. The molecule has 0 aliphatic rings. The lowest BCUT2D eigenvalue weighted by molar-refractivity contribution is 0.102. The van der Waals surface area contributed by atoms with Crippen LogP contribution in [0.4, 0.5) is 10.1 Å². The molecular weight excluding hydrogens is 299 g/mol. The molecule has 0 aliphatic heterocycles. The number of methoxy groups -OCH3 is 1. The van der Waals surface area contributed by atoms with Crippen LogP contribution in [0, 0.1) is 5.82 Å². The minimum absolute atomic E-state index is 0.133. The number of carbonyl (C=O) groups excluding carboxylic acids is 1. The van der Waals surface area contributed by atoms with Gasteiger partial charge in [-0.25, -0.2) is 4.39 Å². The fourth-order valence-electron chi connectivity index (χ4n) is 2.06. The minimum atomic E-state index is -0.444. The predicted octanol–water partition coefficient (Wildman–Crippen LogP) is 2.67. The normalized spacial score (nSPS) is 10.3. The highest BCUT2D eigenvalue weighted by atomic mass is 19.1. The van der Waals surface area contributed by atoms with Crippen molar-refractivity contribution in [2.45, 2.75) is 0 Å². The van der Waals surface area contributed by atoms with Crippen LogP contribution in [0.25, 0.3) is 5.69 Å². The molecule has 1 amide bonds. The Morgan fingerprint density at radius 1 is 1.17 bits per heavy atom. The van der Waals surface area contributed by atoms with Crippen LogP contribution in [0.15, 0.2) is 54.9 Å². The van der Waals surface area contributed by atoms with Gasteiger partial charge in [-0.1, -0.05) is 0 Å². The van der Waals surface area contributed by atoms with Crippen LogP contribution in [-0.2, 0) is 0 Å². The average molecular weight is 312 g/mol. The summed E-state index contributed by atoms with van der Waals surface area (Å²) in [4.78, 5) is 12.3. The molecule has 23 heavy (non-hydrogen) atoms. The summed E-state index contributed by atoms with van der Waals surface area (Å²) < 4.78 is 20.1. The molecule has 0 unspecified atom stereocenters. The van der Waals surface area contributed by atoms with E-state index < -0.39 is 11.7 Å². The molecule has 3 rings (SSSR count). The zero-order valence-electron chi connectivity index (χ0n) is 12.2. The Balaban J connectivity index is 1.88. The zero-order chi connectivity index (χ0) is 16.2. The summed E-state index contributed by atoms with van der Waals surface area (Å²) >= 11 is 0. The van der Waals surface area contributed by atoms with E-state index in [0.717, 1.165) is 0 Å². The number of hydrogen-bond donors (Lipinski definition) is 1. The van der Waals surface area contributed by atoms with Crippen molar-refractivity contribution in [1.29, 1.82) is 0 Å². The first kappa shape index (κ1) is 14.7. The summed E-state index contributed by atoms with van der Waals surface area (Å²) in [5.41, 5.74) is 1.11. The van der Waals surface area contributed by atoms with Gasteiger partial charge in [0.05, 0.1) is 18.5 Å². The highest BCUT2D eigenvalue weighted by Crippen LogP contribution is 2.22. The van der Waals surface area contributed by atoms with Gasteiger partial charge in [0, 0.05) is 18.5 Å². The molecular formula is C16H13FN4O2. The van der Waals surface area contributed by atoms with Crippen molar-refractivity contribution in [3.63, 3.8) is 0 Å². The molecule has 7 heteroatoms. The highest BCUT2D eigenvalue weighted by Gasteiger charge is 2.13. The summed E-state index contributed by atoms with van der Waals surface area (Å²) in [6.45, 7) is 0. The van der Waals surface area contributed by atoms with E-state index in [1.807, 2.05) is 12.1 Å². The second kappa shape index (κ2) is 6.27. The van der Waals surface area contributed by atoms with E-state index in [4.69, 9.17) is 4.74 Å². The van der Waals surface area contributed by atoms with Gasteiger partial charge in [-0.15, -0.1) is 10.2 Å². The second-order valence-electron chi connectivity index (χ2n) is 4.67. The number of ether oxygens (including phenoxy) is 1. The predicted molar refractivity (Wildman–Crippen MR) is 82.3 cm³/mol. The van der Waals surface area contributed by atoms with Crippen LogP contribution in [0.2, 0.25) is 0 Å². The maximum Gasteiger partial charge on any atom is 0.276 e. The Morgan fingerprint density at radius 3 is 2.61 bits per heavy atom. The number of amides is 1. The van der Waals surface area contributed by atoms with Gasteiger partial charge >= 0.3 is 0 Å². The van der Waals surface area contributed by atoms with Gasteiger partial charge in [-0.2, -0.15) is 0 Å². The standard InChI is InChI=1S/C16H13FN4O2/c1-23-15-7-6-13(19-20-15)16(22)18-12-5-4-11(17)10-14(12)21-8-2-3-9-21/h2-10H,1H3,(H,18,22). The van der Waals surface area contributed by atoms with Gasteiger partial charge in [-0.05, 0) is 36.4 Å². The number of benzene rings is 1. The number of hydrogen-bond acceptors (Lipinski definition) is 4. The molecule has 0 radical (unpaired) electrons. The van der Waals surface area contributed by atoms with E-state index in [1.54, 1.807) is 23.0 Å². The molecule has 0 saturated carbocycles. The lowest BCUT2D eigenvalue weighted by Crippen LogP contribution is -2.16. The minimum Gasteiger partial charge on any atom is -0.480 e. The number of nitrogens with zero attached hydrogens (tertiary/aromatic N) is 3. The van der Waals surface area contributed by atoms with E-state index in [2.05, 4.69) is 15.5 Å². The first-order valence-corrected chi connectivity index (χ1v) is 6.79. The zero-order valence-corrected chi connectivity index (χ0v) is 12.2. The van der Waals surface area contributed by atoms with Crippen molar-refractivity contribution in [3.8, 4) is 11.6 Å². The molecule has 2 heterocycles. The first-order chi connectivity index (χ1) is 11.2. The van der Waals surface area contributed by atoms with Crippen LogP contribution in [0.3, 0.4) is 0 Å². The lowest BCUT2D eigenvalue weighted by atomic mass is 10.2. The summed E-state index contributed by atoms with van der Waals surface area (Å²) in [6, 6.07) is 10.8. The Bertz CT molecular complexity index is 817. The van der Waals surface area contributed by atoms with E-state index in [0.29, 0.717) is 17.3 Å². The van der Waals surface area contributed by atoms with Crippen molar-refractivity contribution in [1.82, 2.24) is 14.8 Å². The fourth-order valence-corrected chi connectivity index (χ4v) is 2.06. The van der Waals surface area contributed by atoms with Crippen LogP contribution in [0.1, 0.15) is 10.5 Å². The number of rotatable bonds is 4. The van der Waals surface area contributed by atoms with E-state index >= 15 is 0 Å². The lowest BCUT2D eigenvalue weighted by Gasteiger charge is -2.12. The number of aromatic nitrogens is 3. The molecule has 0 spiro atoms. The van der Waals surface area contributed by atoms with E-state index in [-0.39, 0.29) is 5.69 Å². The third-order valence-corrected chi connectivity index (χ3v) is 3.17. The molecule has 3 aromatic rings. The average Bonchev–Trinajstić information content (AvgIpc) is 3.11. The molecule has 1 N–H and O–H groups in total. The van der Waals surface area contributed by atoms with Crippen LogP contribution < -0.4 is 10.1 Å². The van der Waals surface area contributed by atoms with Crippen molar-refractivity contribution in [2.75, 3.05) is 12.4 Å². The maximum atomic E-state index is 13.5. The summed E-state index contributed by atoms with van der Waals surface area (Å²) in [7, 11) is 1.46. The molecule has 116 valence electrons. The van der Waals surface area contributed by atoms with Crippen molar-refractivity contribution in [3.05, 3.63) is 66.4 Å². The number of anilines is 1. The largest absolute Gasteiger partial charge is 0.480 e. The Hall–Kier alpha value is -3.22. The monoisotopic (exact) mass is 312 g/mol. The van der Waals surface area contributed by atoms with Gasteiger partial charge < -0.3 is 14.6 Å². The molecule has 0 bridgehead atoms. The third-order valence-electron chi connectivity index (χ3n) is 3.17. The quantitative estimate of drug-likeness (QED) is 0.804. The highest BCUT2D eigenvalue weighted by molar-refractivity contribution is 6.03. The number of carbonyl (C=O) groups is 1. The van der Waals surface area contributed by atoms with Gasteiger partial charge in [0.15, 0.2) is 5.69 Å². The molecule has 0 fully saturated rings. The van der Waals surface area contributed by atoms with Crippen LogP contribution >= 0.6 is 0 Å². The van der Waals surface area contributed by atoms with E-state index in [9.17, 15) is 9.18 Å². The Labute approximate surface area is 131 Å². The molecule has 6 nitrogen and oxygen atoms in total. The second-order valence-corrected chi connectivity index (χ2v) is 4.67. The summed E-state index contributed by atoms with van der Waals surface area (Å²) in [5, 5.41) is 10.2. The Morgan fingerprint density at radius 2 is 1.96 bits per heavy atom. The summed E-state index contributed by atoms with van der Waals surface area (Å²) in [5.74, 6) is -0.521. The molecule has 1 aromatic carbocycles. The van der Waals surface area contributed by atoms with Crippen molar-refractivity contribution in [2.24, 2.45) is 0 Å². The number of halogens is 1. The molecule has 0 saturated heterocycles. The topological polar surface area (TPSA) is 69.0 Å². The summed E-state index contributed by atoms with van der Waals surface area (Å²) in [6.07, 6.45) is 3.52. The van der Waals surface area contributed by atoms with Gasteiger partial charge in [0.2, 0.25) is 5.88 Å². The molecule has 0 aliphatic carbocycles. The Kier molecular flexibility index (Phi) is 4.01. The maximum absolute atomic E-state index is 13.5. The van der Waals surface area contributed by atoms with Crippen LogP contribution in [0.5, 0.6) is 5.88 Å². The SMILES string of the molecule is COc1ccc(C(=O)Nc2ccc(F)cc2-n2cccc2)nn1. The van der Waals surface area contributed by atoms with Gasteiger partial charge in [-0.3, -0.25) is 4.79 Å². The van der Waals surface area contributed by atoms with Gasteiger partial charge in [0.25, 0.3) is 5.91 Å². The first-order valence-electron chi connectivity index (χ1n) is 6.79.